The Morgan fingerprint density at radius 3 is 2.78 bits per heavy atom. The van der Waals surface area contributed by atoms with Crippen molar-refractivity contribution < 1.29 is 18.3 Å². The van der Waals surface area contributed by atoms with Gasteiger partial charge in [-0.1, -0.05) is 15.9 Å². The monoisotopic (exact) mass is 318 g/mol. The molecule has 0 atom stereocenters. The number of nitriles is 1. The molecule has 0 unspecified atom stereocenters. The van der Waals surface area contributed by atoms with E-state index in [4.69, 9.17) is 10.00 Å². The van der Waals surface area contributed by atoms with E-state index in [0.29, 0.717) is 0 Å². The number of esters is 1. The SMILES string of the molecule is CCOC(=O)c1cc(C#N)nc(C(F)F)c1CBr. The molecule has 0 saturated carbocycles. The van der Waals surface area contributed by atoms with Crippen LogP contribution in [0.2, 0.25) is 0 Å². The molecule has 7 heteroatoms. The highest BCUT2D eigenvalue weighted by molar-refractivity contribution is 9.08. The number of hydrogen-bond donors (Lipinski definition) is 0. The topological polar surface area (TPSA) is 63.0 Å². The second-order valence-corrected chi connectivity index (χ2v) is 3.75. The Bertz CT molecular complexity index is 501. The number of nitrogens with zero attached hydrogens (tertiary/aromatic N) is 2. The summed E-state index contributed by atoms with van der Waals surface area (Å²) >= 11 is 3.03. The fourth-order valence-corrected chi connectivity index (χ4v) is 1.95. The van der Waals surface area contributed by atoms with Crippen LogP contribution in [0.3, 0.4) is 0 Å². The van der Waals surface area contributed by atoms with Gasteiger partial charge in [0.1, 0.15) is 17.5 Å². The van der Waals surface area contributed by atoms with Crippen molar-refractivity contribution in [2.24, 2.45) is 0 Å². The molecular formula is C11H9BrF2N2O2. The lowest BCUT2D eigenvalue weighted by molar-refractivity contribution is 0.0524. The lowest BCUT2D eigenvalue weighted by Crippen LogP contribution is -2.12. The van der Waals surface area contributed by atoms with Crippen molar-refractivity contribution in [3.63, 3.8) is 0 Å². The van der Waals surface area contributed by atoms with Gasteiger partial charge in [-0.05, 0) is 13.0 Å². The van der Waals surface area contributed by atoms with Gasteiger partial charge in [-0.25, -0.2) is 18.6 Å². The Morgan fingerprint density at radius 2 is 2.33 bits per heavy atom. The normalized spacial score (nSPS) is 10.2. The predicted molar refractivity (Wildman–Crippen MR) is 62.5 cm³/mol. The van der Waals surface area contributed by atoms with E-state index in [2.05, 4.69) is 20.9 Å². The third kappa shape index (κ3) is 3.01. The molecule has 0 aliphatic heterocycles. The Morgan fingerprint density at radius 1 is 1.67 bits per heavy atom. The Balaban J connectivity index is 3.43. The molecule has 96 valence electrons. The van der Waals surface area contributed by atoms with E-state index in [0.717, 1.165) is 6.07 Å². The molecule has 0 spiro atoms. The second kappa shape index (κ2) is 6.40. The summed E-state index contributed by atoms with van der Waals surface area (Å²) < 4.78 is 30.4. The Labute approximate surface area is 111 Å². The van der Waals surface area contributed by atoms with E-state index < -0.39 is 18.1 Å². The van der Waals surface area contributed by atoms with Crippen molar-refractivity contribution in [1.82, 2.24) is 4.98 Å². The van der Waals surface area contributed by atoms with Crippen LogP contribution in [-0.2, 0) is 10.1 Å². The van der Waals surface area contributed by atoms with Crippen LogP contribution >= 0.6 is 15.9 Å². The van der Waals surface area contributed by atoms with Crippen LogP contribution in [0, 0.1) is 11.3 Å². The molecule has 0 radical (unpaired) electrons. The zero-order chi connectivity index (χ0) is 13.7. The van der Waals surface area contributed by atoms with Crippen molar-refractivity contribution in [2.75, 3.05) is 6.61 Å². The molecule has 1 rings (SSSR count). The number of pyridine rings is 1. The number of ether oxygens (including phenoxy) is 1. The second-order valence-electron chi connectivity index (χ2n) is 3.19. The van der Waals surface area contributed by atoms with Crippen LogP contribution in [0.15, 0.2) is 6.07 Å². The first-order valence-corrected chi connectivity index (χ1v) is 6.12. The van der Waals surface area contributed by atoms with E-state index in [-0.39, 0.29) is 28.8 Å². The average molecular weight is 319 g/mol. The maximum Gasteiger partial charge on any atom is 0.338 e. The van der Waals surface area contributed by atoms with Gasteiger partial charge < -0.3 is 4.74 Å². The molecule has 1 aromatic heterocycles. The molecule has 0 fully saturated rings. The van der Waals surface area contributed by atoms with Crippen LogP contribution in [0.5, 0.6) is 0 Å². The van der Waals surface area contributed by atoms with Crippen LogP contribution in [0.25, 0.3) is 0 Å². The summed E-state index contributed by atoms with van der Waals surface area (Å²) in [5, 5.41) is 8.75. The summed E-state index contributed by atoms with van der Waals surface area (Å²) in [6.45, 7) is 1.72. The van der Waals surface area contributed by atoms with Gasteiger partial charge in [-0.15, -0.1) is 0 Å². The molecule has 18 heavy (non-hydrogen) atoms. The van der Waals surface area contributed by atoms with E-state index in [1.807, 2.05) is 0 Å². The van der Waals surface area contributed by atoms with Crippen LogP contribution in [-0.4, -0.2) is 17.6 Å². The summed E-state index contributed by atoms with van der Waals surface area (Å²) in [4.78, 5) is 15.2. The maximum absolute atomic E-state index is 12.8. The first kappa shape index (κ1) is 14.5. The van der Waals surface area contributed by atoms with E-state index in [9.17, 15) is 13.6 Å². The van der Waals surface area contributed by atoms with Gasteiger partial charge in [-0.2, -0.15) is 5.26 Å². The highest BCUT2D eigenvalue weighted by atomic mass is 79.9. The minimum absolute atomic E-state index is 0.0273. The first-order chi connectivity index (χ1) is 8.54. The minimum Gasteiger partial charge on any atom is -0.462 e. The summed E-state index contributed by atoms with van der Waals surface area (Å²) in [6.07, 6.45) is -2.86. The van der Waals surface area contributed by atoms with Gasteiger partial charge >= 0.3 is 5.97 Å². The predicted octanol–water partition coefficient (Wildman–Crippen LogP) is 2.96. The lowest BCUT2D eigenvalue weighted by atomic mass is 10.1. The lowest BCUT2D eigenvalue weighted by Gasteiger charge is -2.11. The van der Waals surface area contributed by atoms with Crippen molar-refractivity contribution >= 4 is 21.9 Å². The molecule has 0 aliphatic carbocycles. The molecule has 0 amide bonds. The summed E-state index contributed by atoms with van der Waals surface area (Å²) in [6, 6.07) is 2.80. The molecule has 0 aliphatic rings. The quantitative estimate of drug-likeness (QED) is 0.632. The molecule has 0 aromatic carbocycles. The van der Waals surface area contributed by atoms with Crippen LogP contribution in [0.1, 0.15) is 40.7 Å². The molecule has 0 N–H and O–H groups in total. The third-order valence-electron chi connectivity index (χ3n) is 2.11. The highest BCUT2D eigenvalue weighted by Crippen LogP contribution is 2.27. The number of aromatic nitrogens is 1. The first-order valence-electron chi connectivity index (χ1n) is 5.00. The summed E-state index contributed by atoms with van der Waals surface area (Å²) in [5.74, 6) is -0.743. The zero-order valence-corrected chi connectivity index (χ0v) is 11.0. The largest absolute Gasteiger partial charge is 0.462 e. The standard InChI is InChI=1S/C11H9BrF2N2O2/c1-2-18-11(17)7-3-6(5-15)16-9(10(13)14)8(7)4-12/h3,10H,2,4H2,1H3. The minimum atomic E-state index is -2.86. The van der Waals surface area contributed by atoms with Crippen LogP contribution < -0.4 is 0 Å². The number of carbonyl (C=O) groups excluding carboxylic acids is 1. The number of rotatable bonds is 4. The molecule has 0 bridgehead atoms. The number of carbonyl (C=O) groups is 1. The third-order valence-corrected chi connectivity index (χ3v) is 2.67. The fraction of sp³-hybridized carbons (Fsp3) is 0.364. The number of halogens is 3. The van der Waals surface area contributed by atoms with E-state index in [1.165, 1.54) is 0 Å². The molecule has 0 saturated heterocycles. The van der Waals surface area contributed by atoms with Crippen molar-refractivity contribution in [1.29, 1.82) is 5.26 Å². The maximum atomic E-state index is 12.8. The average Bonchev–Trinajstić information content (AvgIpc) is 2.37. The van der Waals surface area contributed by atoms with Gasteiger partial charge in [0, 0.05) is 10.9 Å². The zero-order valence-electron chi connectivity index (χ0n) is 9.41. The molecule has 1 heterocycles. The van der Waals surface area contributed by atoms with E-state index in [1.54, 1.807) is 13.0 Å². The Kier molecular flexibility index (Phi) is 5.16. The fourth-order valence-electron chi connectivity index (χ4n) is 1.36. The highest BCUT2D eigenvalue weighted by Gasteiger charge is 2.23. The van der Waals surface area contributed by atoms with Gasteiger partial charge in [0.15, 0.2) is 0 Å². The van der Waals surface area contributed by atoms with Crippen molar-refractivity contribution in [2.45, 2.75) is 18.7 Å². The van der Waals surface area contributed by atoms with Gasteiger partial charge in [0.2, 0.25) is 0 Å². The van der Waals surface area contributed by atoms with E-state index >= 15 is 0 Å². The van der Waals surface area contributed by atoms with Crippen molar-refractivity contribution in [3.8, 4) is 6.07 Å². The summed E-state index contributed by atoms with van der Waals surface area (Å²) in [5.41, 5.74) is -0.829. The molecule has 4 nitrogen and oxygen atoms in total. The summed E-state index contributed by atoms with van der Waals surface area (Å²) in [7, 11) is 0. The number of alkyl halides is 3. The van der Waals surface area contributed by atoms with Gasteiger partial charge in [0.05, 0.1) is 12.2 Å². The van der Waals surface area contributed by atoms with Gasteiger partial charge in [-0.3, -0.25) is 0 Å². The smallest absolute Gasteiger partial charge is 0.338 e. The van der Waals surface area contributed by atoms with Crippen molar-refractivity contribution in [3.05, 3.63) is 28.6 Å². The molecule has 1 aromatic rings. The number of hydrogen-bond acceptors (Lipinski definition) is 4. The Hall–Kier alpha value is -1.55. The van der Waals surface area contributed by atoms with Crippen LogP contribution in [0.4, 0.5) is 8.78 Å². The van der Waals surface area contributed by atoms with Gasteiger partial charge in [0.25, 0.3) is 6.43 Å². The molecular weight excluding hydrogens is 310 g/mol.